The van der Waals surface area contributed by atoms with E-state index in [1.165, 1.54) is 12.1 Å². The monoisotopic (exact) mass is 234 g/mol. The number of ether oxygens (including phenoxy) is 1. The molecule has 0 heterocycles. The van der Waals surface area contributed by atoms with Crippen LogP contribution in [0.4, 0.5) is 4.39 Å². The normalized spacial score (nSPS) is 10.1. The minimum atomic E-state index is -0.267. The van der Waals surface area contributed by atoms with Gasteiger partial charge in [0.1, 0.15) is 17.3 Å². The lowest BCUT2D eigenvalue weighted by Gasteiger charge is -2.06. The number of benzene rings is 2. The molecule has 0 fully saturated rings. The highest BCUT2D eigenvalue weighted by Crippen LogP contribution is 2.22. The van der Waals surface area contributed by atoms with E-state index in [9.17, 15) is 4.39 Å². The predicted octanol–water partition coefficient (Wildman–Crippen LogP) is 4.05. The fraction of sp³-hybridized carbons (Fsp3) is 0.0769. The zero-order valence-electron chi connectivity index (χ0n) is 8.56. The summed E-state index contributed by atoms with van der Waals surface area (Å²) < 4.78 is 18.3. The first kappa shape index (κ1) is 11.0. The summed E-state index contributed by atoms with van der Waals surface area (Å²) in [6, 6.07) is 13.6. The van der Waals surface area contributed by atoms with Crippen molar-refractivity contribution in [3.05, 3.63) is 59.9 Å². The molecule has 2 aromatic carbocycles. The van der Waals surface area contributed by atoms with Gasteiger partial charge in [0.05, 0.1) is 0 Å². The van der Waals surface area contributed by atoms with Crippen LogP contribution in [0, 0.1) is 5.82 Å². The lowest BCUT2D eigenvalue weighted by atomic mass is 10.2. The maximum absolute atomic E-state index is 12.7. The lowest BCUT2D eigenvalue weighted by molar-refractivity contribution is 0.480. The van der Waals surface area contributed by atoms with Crippen LogP contribution in [0.25, 0.3) is 0 Å². The summed E-state index contributed by atoms with van der Waals surface area (Å²) in [5.74, 6) is 1.76. The summed E-state index contributed by atoms with van der Waals surface area (Å²) in [5.41, 5.74) is 1.09. The minimum absolute atomic E-state index is 0.267. The summed E-state index contributed by atoms with van der Waals surface area (Å²) >= 11 is 4.19. The first-order chi connectivity index (χ1) is 7.78. The van der Waals surface area contributed by atoms with Gasteiger partial charge in [-0.15, -0.1) is 0 Å². The Labute approximate surface area is 99.3 Å². The molecule has 0 amide bonds. The fourth-order valence-corrected chi connectivity index (χ4v) is 1.54. The zero-order chi connectivity index (χ0) is 11.4. The van der Waals surface area contributed by atoms with Crippen LogP contribution in [0.3, 0.4) is 0 Å². The van der Waals surface area contributed by atoms with Crippen LogP contribution in [0.1, 0.15) is 5.56 Å². The maximum Gasteiger partial charge on any atom is 0.127 e. The smallest absolute Gasteiger partial charge is 0.127 e. The van der Waals surface area contributed by atoms with Crippen molar-refractivity contribution < 1.29 is 9.13 Å². The third kappa shape index (κ3) is 2.76. The Hall–Kier alpha value is -1.48. The van der Waals surface area contributed by atoms with E-state index in [4.69, 9.17) is 4.74 Å². The SMILES string of the molecule is Fc1ccc(Oc2cccc(CS)c2)cc1. The molecular weight excluding hydrogens is 223 g/mol. The van der Waals surface area contributed by atoms with E-state index in [1.807, 2.05) is 24.3 Å². The third-order valence-corrected chi connectivity index (χ3v) is 2.50. The van der Waals surface area contributed by atoms with Crippen LogP contribution in [-0.4, -0.2) is 0 Å². The first-order valence-electron chi connectivity index (χ1n) is 4.91. The summed E-state index contributed by atoms with van der Waals surface area (Å²) in [6.07, 6.45) is 0. The molecule has 3 heteroatoms. The Balaban J connectivity index is 2.16. The Bertz CT molecular complexity index is 468. The van der Waals surface area contributed by atoms with Crippen LogP contribution >= 0.6 is 12.6 Å². The number of hydrogen-bond donors (Lipinski definition) is 1. The van der Waals surface area contributed by atoms with E-state index in [0.29, 0.717) is 11.5 Å². The molecule has 0 aliphatic carbocycles. The van der Waals surface area contributed by atoms with Crippen LogP contribution in [0.2, 0.25) is 0 Å². The molecule has 0 aliphatic heterocycles. The summed E-state index contributed by atoms with van der Waals surface area (Å²) in [7, 11) is 0. The number of hydrogen-bond acceptors (Lipinski definition) is 2. The molecule has 0 saturated heterocycles. The molecule has 0 atom stereocenters. The molecule has 2 aromatic rings. The second-order valence-electron chi connectivity index (χ2n) is 3.36. The Kier molecular flexibility index (Phi) is 3.47. The Morgan fingerprint density at radius 2 is 1.75 bits per heavy atom. The van der Waals surface area contributed by atoms with E-state index in [1.54, 1.807) is 12.1 Å². The summed E-state index contributed by atoms with van der Waals surface area (Å²) in [4.78, 5) is 0. The molecular formula is C13H11FOS. The zero-order valence-corrected chi connectivity index (χ0v) is 9.45. The summed E-state index contributed by atoms with van der Waals surface area (Å²) in [6.45, 7) is 0. The number of halogens is 1. The quantitative estimate of drug-likeness (QED) is 0.788. The third-order valence-electron chi connectivity index (χ3n) is 2.13. The highest BCUT2D eigenvalue weighted by atomic mass is 32.1. The molecule has 0 N–H and O–H groups in total. The van der Waals surface area contributed by atoms with Crippen molar-refractivity contribution in [3.63, 3.8) is 0 Å². The van der Waals surface area contributed by atoms with E-state index >= 15 is 0 Å². The Morgan fingerprint density at radius 1 is 1.00 bits per heavy atom. The van der Waals surface area contributed by atoms with Gasteiger partial charge < -0.3 is 4.74 Å². The molecule has 82 valence electrons. The lowest BCUT2D eigenvalue weighted by Crippen LogP contribution is -1.86. The molecule has 0 aromatic heterocycles. The van der Waals surface area contributed by atoms with Crippen molar-refractivity contribution in [2.24, 2.45) is 0 Å². The molecule has 16 heavy (non-hydrogen) atoms. The number of thiol groups is 1. The van der Waals surface area contributed by atoms with Crippen LogP contribution in [0.5, 0.6) is 11.5 Å². The molecule has 0 bridgehead atoms. The molecule has 2 rings (SSSR count). The maximum atomic E-state index is 12.7. The highest BCUT2D eigenvalue weighted by Gasteiger charge is 1.98. The van der Waals surface area contributed by atoms with Crippen molar-refractivity contribution in [1.82, 2.24) is 0 Å². The average molecular weight is 234 g/mol. The van der Waals surface area contributed by atoms with Crippen molar-refractivity contribution in [2.75, 3.05) is 0 Å². The van der Waals surface area contributed by atoms with Crippen LogP contribution in [0.15, 0.2) is 48.5 Å². The van der Waals surface area contributed by atoms with E-state index in [2.05, 4.69) is 12.6 Å². The second kappa shape index (κ2) is 5.03. The van der Waals surface area contributed by atoms with Gasteiger partial charge in [0, 0.05) is 5.75 Å². The highest BCUT2D eigenvalue weighted by molar-refractivity contribution is 7.79. The number of rotatable bonds is 3. The van der Waals surface area contributed by atoms with Gasteiger partial charge in [0.25, 0.3) is 0 Å². The van der Waals surface area contributed by atoms with Gasteiger partial charge >= 0.3 is 0 Å². The Morgan fingerprint density at radius 3 is 2.44 bits per heavy atom. The van der Waals surface area contributed by atoms with Gasteiger partial charge in [-0.1, -0.05) is 12.1 Å². The minimum Gasteiger partial charge on any atom is -0.457 e. The molecule has 0 radical (unpaired) electrons. The standard InChI is InChI=1S/C13H11FOS/c14-11-4-6-12(7-5-11)15-13-3-1-2-10(8-13)9-16/h1-8,16H,9H2. The van der Waals surface area contributed by atoms with Crippen molar-refractivity contribution in [2.45, 2.75) is 5.75 Å². The van der Waals surface area contributed by atoms with Gasteiger partial charge in [-0.3, -0.25) is 0 Å². The van der Waals surface area contributed by atoms with Crippen molar-refractivity contribution >= 4 is 12.6 Å². The van der Waals surface area contributed by atoms with E-state index < -0.39 is 0 Å². The fourth-order valence-electron chi connectivity index (χ4n) is 1.35. The molecule has 1 nitrogen and oxygen atoms in total. The topological polar surface area (TPSA) is 9.23 Å². The summed E-state index contributed by atoms with van der Waals surface area (Å²) in [5, 5.41) is 0. The van der Waals surface area contributed by atoms with Crippen molar-refractivity contribution in [3.8, 4) is 11.5 Å². The van der Waals surface area contributed by atoms with Gasteiger partial charge in [0.15, 0.2) is 0 Å². The van der Waals surface area contributed by atoms with Crippen LogP contribution in [-0.2, 0) is 5.75 Å². The average Bonchev–Trinajstić information content (AvgIpc) is 2.32. The van der Waals surface area contributed by atoms with Gasteiger partial charge in [-0.05, 0) is 42.0 Å². The van der Waals surface area contributed by atoms with Crippen molar-refractivity contribution in [1.29, 1.82) is 0 Å². The molecule has 0 saturated carbocycles. The van der Waals surface area contributed by atoms with Crippen LogP contribution < -0.4 is 4.74 Å². The first-order valence-corrected chi connectivity index (χ1v) is 5.54. The predicted molar refractivity (Wildman–Crippen MR) is 65.6 cm³/mol. The molecule has 0 spiro atoms. The molecule has 0 aliphatic rings. The largest absolute Gasteiger partial charge is 0.457 e. The van der Waals surface area contributed by atoms with Gasteiger partial charge in [-0.25, -0.2) is 4.39 Å². The van der Waals surface area contributed by atoms with Gasteiger partial charge in [-0.2, -0.15) is 12.6 Å². The second-order valence-corrected chi connectivity index (χ2v) is 3.68. The van der Waals surface area contributed by atoms with E-state index in [0.717, 1.165) is 11.3 Å². The van der Waals surface area contributed by atoms with Gasteiger partial charge in [0.2, 0.25) is 0 Å². The molecule has 0 unspecified atom stereocenters. The van der Waals surface area contributed by atoms with E-state index in [-0.39, 0.29) is 5.82 Å².